The van der Waals surface area contributed by atoms with Gasteiger partial charge in [-0.25, -0.2) is 4.98 Å². The summed E-state index contributed by atoms with van der Waals surface area (Å²) in [6, 6.07) is 45.0. The second-order valence-electron chi connectivity index (χ2n) is 14.1. The second-order valence-corrected chi connectivity index (χ2v) is 15.1. The molecule has 49 heavy (non-hydrogen) atoms. The fourth-order valence-corrected chi connectivity index (χ4v) is 9.08. The van der Waals surface area contributed by atoms with Crippen LogP contribution in [0.3, 0.4) is 0 Å². The van der Waals surface area contributed by atoms with E-state index in [1.54, 1.807) is 0 Å². The number of thiophene rings is 1. The molecule has 1 atom stereocenters. The minimum absolute atomic E-state index is 0.103. The Labute approximate surface area is 291 Å². The molecule has 0 saturated heterocycles. The molecule has 4 heteroatoms. The van der Waals surface area contributed by atoms with E-state index in [0.717, 1.165) is 16.2 Å². The molecule has 0 fully saturated rings. The maximum atomic E-state index is 4.96. The number of benzene rings is 6. The van der Waals surface area contributed by atoms with Crippen LogP contribution in [0.5, 0.6) is 0 Å². The number of anilines is 3. The Morgan fingerprint density at radius 3 is 2.12 bits per heavy atom. The number of aromatic nitrogens is 1. The highest BCUT2D eigenvalue weighted by Crippen LogP contribution is 2.54. The van der Waals surface area contributed by atoms with E-state index < -0.39 is 0 Å². The van der Waals surface area contributed by atoms with Crippen LogP contribution >= 0.6 is 11.3 Å². The minimum atomic E-state index is -0.103. The van der Waals surface area contributed by atoms with E-state index in [2.05, 4.69) is 166 Å². The Kier molecular flexibility index (Phi) is 7.00. The fourth-order valence-electron chi connectivity index (χ4n) is 7.82. The highest BCUT2D eigenvalue weighted by atomic mass is 32.1. The molecular weight excluding hydrogens is 615 g/mol. The molecule has 1 aliphatic rings. The first kappa shape index (κ1) is 29.9. The van der Waals surface area contributed by atoms with E-state index in [9.17, 15) is 0 Å². The lowest BCUT2D eigenvalue weighted by Gasteiger charge is -2.34. The maximum Gasteiger partial charge on any atom is 0.132 e. The lowest BCUT2D eigenvalue weighted by molar-refractivity contribution is 0.780. The summed E-state index contributed by atoms with van der Waals surface area (Å²) < 4.78 is 1.29. The Bertz CT molecular complexity index is 2530. The van der Waals surface area contributed by atoms with Crippen molar-refractivity contribution < 1.29 is 0 Å². The molecule has 3 heterocycles. The van der Waals surface area contributed by atoms with Crippen molar-refractivity contribution in [1.29, 1.82) is 0 Å². The first-order chi connectivity index (χ1) is 23.9. The average molecular weight is 654 g/mol. The molecule has 6 aromatic carbocycles. The summed E-state index contributed by atoms with van der Waals surface area (Å²) in [6.45, 7) is 11.4. The fraction of sp³-hybridized carbons (Fsp3) is 0.178. The van der Waals surface area contributed by atoms with E-state index in [1.165, 1.54) is 76.2 Å². The van der Waals surface area contributed by atoms with Crippen molar-refractivity contribution in [3.63, 3.8) is 0 Å². The van der Waals surface area contributed by atoms with Crippen LogP contribution in [0.2, 0.25) is 0 Å². The average Bonchev–Trinajstić information content (AvgIpc) is 3.67. The standard InChI is InChI=1S/C45H39N3S/c1-26(2)37-22-32(29-12-7-6-8-13-29)23-38(27(3)4)42(37)48-41-24-31-20-19-30-14-9-10-15-33(30)39(31)25-40(41)47-44(48)36-17-11-16-34-35-21-18-28(5)46-45(35)49-43(34)36/h6-27,44,47H,1-5H3. The zero-order valence-electron chi connectivity index (χ0n) is 28.6. The van der Waals surface area contributed by atoms with E-state index in [1.807, 2.05) is 11.3 Å². The third kappa shape index (κ3) is 4.81. The van der Waals surface area contributed by atoms with Gasteiger partial charge in [0.25, 0.3) is 0 Å². The topological polar surface area (TPSA) is 28.2 Å². The first-order valence-electron chi connectivity index (χ1n) is 17.4. The van der Waals surface area contributed by atoms with Crippen molar-refractivity contribution in [1.82, 2.24) is 4.98 Å². The van der Waals surface area contributed by atoms with Crippen LogP contribution in [0.4, 0.5) is 17.1 Å². The van der Waals surface area contributed by atoms with Crippen LogP contribution in [0.15, 0.2) is 121 Å². The third-order valence-corrected chi connectivity index (χ3v) is 11.4. The van der Waals surface area contributed by atoms with Gasteiger partial charge in [-0.15, -0.1) is 11.3 Å². The molecule has 2 aromatic heterocycles. The number of hydrogen-bond donors (Lipinski definition) is 1. The van der Waals surface area contributed by atoms with Gasteiger partial charge in [0.15, 0.2) is 0 Å². The Balaban J connectivity index is 1.35. The van der Waals surface area contributed by atoms with Gasteiger partial charge in [-0.3, -0.25) is 0 Å². The second kappa shape index (κ2) is 11.5. The molecule has 240 valence electrons. The normalized spacial score (nSPS) is 14.5. The maximum absolute atomic E-state index is 4.96. The summed E-state index contributed by atoms with van der Waals surface area (Å²) in [5.41, 5.74) is 11.3. The third-order valence-electron chi connectivity index (χ3n) is 10.3. The Morgan fingerprint density at radius 1 is 0.633 bits per heavy atom. The number of aryl methyl sites for hydroxylation is 1. The largest absolute Gasteiger partial charge is 0.359 e. The number of pyridine rings is 1. The van der Waals surface area contributed by atoms with Gasteiger partial charge in [-0.2, -0.15) is 0 Å². The van der Waals surface area contributed by atoms with Crippen LogP contribution in [0.1, 0.15) is 68.1 Å². The van der Waals surface area contributed by atoms with Gasteiger partial charge in [0.05, 0.1) is 17.1 Å². The Morgan fingerprint density at radius 2 is 1.35 bits per heavy atom. The van der Waals surface area contributed by atoms with Crippen LogP contribution in [-0.4, -0.2) is 4.98 Å². The van der Waals surface area contributed by atoms with Gasteiger partial charge in [-0.05, 0) is 99.0 Å². The summed E-state index contributed by atoms with van der Waals surface area (Å²) in [5.74, 6) is 0.634. The summed E-state index contributed by atoms with van der Waals surface area (Å²) in [6.07, 6.45) is -0.103. The number of hydrogen-bond acceptors (Lipinski definition) is 4. The molecule has 8 aromatic rings. The van der Waals surface area contributed by atoms with Gasteiger partial charge >= 0.3 is 0 Å². The van der Waals surface area contributed by atoms with Crippen molar-refractivity contribution in [3.05, 3.63) is 144 Å². The molecule has 3 nitrogen and oxygen atoms in total. The van der Waals surface area contributed by atoms with E-state index in [-0.39, 0.29) is 6.17 Å². The van der Waals surface area contributed by atoms with Crippen LogP contribution < -0.4 is 10.2 Å². The molecule has 1 N–H and O–H groups in total. The monoisotopic (exact) mass is 653 g/mol. The SMILES string of the molecule is Cc1ccc2c(n1)sc1c(C3Nc4cc5c(ccc6ccccc65)cc4N3c3c(C(C)C)cc(-c4ccccc4)cc3C(C)C)cccc12. The quantitative estimate of drug-likeness (QED) is 0.187. The van der Waals surface area contributed by atoms with Crippen molar-refractivity contribution in [2.24, 2.45) is 0 Å². The molecule has 1 unspecified atom stereocenters. The zero-order valence-corrected chi connectivity index (χ0v) is 29.4. The summed E-state index contributed by atoms with van der Waals surface area (Å²) in [7, 11) is 0. The summed E-state index contributed by atoms with van der Waals surface area (Å²) in [5, 5.41) is 11.7. The predicted octanol–water partition coefficient (Wildman–Crippen LogP) is 13.2. The van der Waals surface area contributed by atoms with Crippen molar-refractivity contribution in [2.75, 3.05) is 10.2 Å². The highest BCUT2D eigenvalue weighted by Gasteiger charge is 2.37. The van der Waals surface area contributed by atoms with Gasteiger partial charge in [0.1, 0.15) is 11.0 Å². The van der Waals surface area contributed by atoms with E-state index in [4.69, 9.17) is 4.98 Å². The number of rotatable bonds is 5. The molecule has 0 bridgehead atoms. The lowest BCUT2D eigenvalue weighted by Crippen LogP contribution is -2.26. The van der Waals surface area contributed by atoms with Crippen molar-refractivity contribution >= 4 is 70.2 Å². The molecule has 1 aliphatic heterocycles. The van der Waals surface area contributed by atoms with Crippen LogP contribution in [0.25, 0.3) is 53.0 Å². The zero-order chi connectivity index (χ0) is 33.4. The van der Waals surface area contributed by atoms with Crippen molar-refractivity contribution in [3.8, 4) is 11.1 Å². The highest BCUT2D eigenvalue weighted by molar-refractivity contribution is 7.25. The minimum Gasteiger partial charge on any atom is -0.359 e. The lowest BCUT2D eigenvalue weighted by atomic mass is 9.87. The van der Waals surface area contributed by atoms with E-state index >= 15 is 0 Å². The molecular formula is C45H39N3S. The smallest absolute Gasteiger partial charge is 0.132 e. The predicted molar refractivity (Wildman–Crippen MR) is 212 cm³/mol. The first-order valence-corrected chi connectivity index (χ1v) is 18.2. The van der Waals surface area contributed by atoms with Gasteiger partial charge in [-0.1, -0.05) is 113 Å². The van der Waals surface area contributed by atoms with Gasteiger partial charge in [0, 0.05) is 26.7 Å². The molecule has 0 spiro atoms. The van der Waals surface area contributed by atoms with Crippen LogP contribution in [0, 0.1) is 6.92 Å². The number of nitrogens with zero attached hydrogens (tertiary/aromatic N) is 2. The number of fused-ring (bicyclic) bond motifs is 7. The van der Waals surface area contributed by atoms with Gasteiger partial charge in [0.2, 0.25) is 0 Å². The molecule has 9 rings (SSSR count). The molecule has 0 radical (unpaired) electrons. The van der Waals surface area contributed by atoms with Crippen molar-refractivity contribution in [2.45, 2.75) is 52.6 Å². The Hall–Kier alpha value is -5.19. The van der Waals surface area contributed by atoms with Gasteiger partial charge < -0.3 is 10.2 Å². The van der Waals surface area contributed by atoms with Crippen LogP contribution in [-0.2, 0) is 0 Å². The molecule has 0 saturated carbocycles. The number of nitrogens with one attached hydrogen (secondary N) is 1. The molecule has 0 amide bonds. The summed E-state index contributed by atoms with van der Waals surface area (Å²) >= 11 is 1.81. The summed E-state index contributed by atoms with van der Waals surface area (Å²) in [4.78, 5) is 8.68. The molecule has 0 aliphatic carbocycles. The van der Waals surface area contributed by atoms with E-state index in [0.29, 0.717) is 11.8 Å².